The molecule has 0 radical (unpaired) electrons. The van der Waals surface area contributed by atoms with Crippen LogP contribution in [0.3, 0.4) is 0 Å². The maximum Gasteiger partial charge on any atom is 0.225 e. The highest BCUT2D eigenvalue weighted by Crippen LogP contribution is 2.30. The number of nitrogens with zero attached hydrogens (tertiary/aromatic N) is 4. The van der Waals surface area contributed by atoms with Gasteiger partial charge in [-0.15, -0.1) is 0 Å². The minimum absolute atomic E-state index is 0.156. The second-order valence-corrected chi connectivity index (χ2v) is 10.6. The summed E-state index contributed by atoms with van der Waals surface area (Å²) in [6.07, 6.45) is 1.91. The first-order valence-corrected chi connectivity index (χ1v) is 13.4. The third-order valence-corrected chi connectivity index (χ3v) is 8.33. The van der Waals surface area contributed by atoms with Crippen molar-refractivity contribution in [1.82, 2.24) is 14.4 Å². The fourth-order valence-corrected chi connectivity index (χ4v) is 6.19. The number of benzene rings is 2. The number of amides is 1. The zero-order valence-corrected chi connectivity index (χ0v) is 22.0. The quantitative estimate of drug-likeness (QED) is 0.472. The summed E-state index contributed by atoms with van der Waals surface area (Å²) >= 11 is 6.23. The molecule has 0 saturated carbocycles. The number of para-hydroxylation sites is 1. The van der Waals surface area contributed by atoms with Gasteiger partial charge in [0.2, 0.25) is 5.91 Å². The largest absolute Gasteiger partial charge is 0.368 e. The summed E-state index contributed by atoms with van der Waals surface area (Å²) in [5.74, 6) is 0.509. The van der Waals surface area contributed by atoms with Crippen molar-refractivity contribution < 1.29 is 4.79 Å². The Morgan fingerprint density at radius 2 is 1.69 bits per heavy atom. The number of halogens is 1. The highest BCUT2D eigenvalue weighted by atomic mass is 35.5. The summed E-state index contributed by atoms with van der Waals surface area (Å²) in [6.45, 7) is 13.9. The van der Waals surface area contributed by atoms with E-state index >= 15 is 0 Å². The molecule has 6 heteroatoms. The highest BCUT2D eigenvalue weighted by molar-refractivity contribution is 6.30. The molecule has 5 rings (SSSR count). The molecule has 0 spiro atoms. The maximum absolute atomic E-state index is 13.3. The van der Waals surface area contributed by atoms with E-state index in [1.165, 1.54) is 33.4 Å². The van der Waals surface area contributed by atoms with Gasteiger partial charge in [0.05, 0.1) is 0 Å². The number of hydrogen-bond acceptors (Lipinski definition) is 3. The molecule has 0 bridgehead atoms. The van der Waals surface area contributed by atoms with E-state index in [9.17, 15) is 4.79 Å². The fraction of sp³-hybridized carbons (Fsp3) is 0.483. The van der Waals surface area contributed by atoms with Crippen LogP contribution in [0, 0.1) is 19.8 Å². The van der Waals surface area contributed by atoms with Crippen molar-refractivity contribution in [3.63, 3.8) is 0 Å². The molecule has 2 aliphatic heterocycles. The molecular weight excluding hydrogens is 456 g/mol. The first-order chi connectivity index (χ1) is 17.0. The summed E-state index contributed by atoms with van der Waals surface area (Å²) < 4.78 is 2.42. The number of carbonyl (C=O) groups is 1. The van der Waals surface area contributed by atoms with E-state index in [4.69, 9.17) is 11.6 Å². The van der Waals surface area contributed by atoms with Crippen molar-refractivity contribution in [2.24, 2.45) is 5.92 Å². The Hall–Kier alpha value is -2.50. The predicted molar refractivity (Wildman–Crippen MR) is 145 cm³/mol. The van der Waals surface area contributed by atoms with Crippen LogP contribution < -0.4 is 4.90 Å². The molecule has 2 saturated heterocycles. The van der Waals surface area contributed by atoms with Crippen LogP contribution in [-0.2, 0) is 17.9 Å². The lowest BCUT2D eigenvalue weighted by Gasteiger charge is -2.39. The van der Waals surface area contributed by atoms with Crippen molar-refractivity contribution in [2.75, 3.05) is 44.2 Å². The molecule has 1 aromatic heterocycles. The van der Waals surface area contributed by atoms with Crippen molar-refractivity contribution in [3.8, 4) is 0 Å². The third kappa shape index (κ3) is 4.81. The van der Waals surface area contributed by atoms with Crippen molar-refractivity contribution in [1.29, 1.82) is 0 Å². The number of piperidine rings is 1. The number of rotatable bonds is 5. The SMILES string of the molecule is CCn1c(C)c(CN2CCC(C(=O)N3CCN(c4cc(Cl)ccc4C)CC3)CC2)c2ccccc21. The molecule has 1 amide bonds. The number of likely N-dealkylation sites (tertiary alicyclic amines) is 1. The monoisotopic (exact) mass is 492 g/mol. The number of fused-ring (bicyclic) bond motifs is 1. The minimum atomic E-state index is 0.156. The second kappa shape index (κ2) is 10.2. The van der Waals surface area contributed by atoms with Crippen molar-refractivity contribution >= 4 is 34.1 Å². The van der Waals surface area contributed by atoms with Crippen LogP contribution in [-0.4, -0.2) is 59.5 Å². The van der Waals surface area contributed by atoms with E-state index in [-0.39, 0.29) is 5.92 Å². The molecule has 3 heterocycles. The summed E-state index contributed by atoms with van der Waals surface area (Å²) in [5, 5.41) is 2.14. The number of aryl methyl sites for hydroxylation is 2. The highest BCUT2D eigenvalue weighted by Gasteiger charge is 2.31. The molecule has 0 N–H and O–H groups in total. The normalized spacial score (nSPS) is 17.9. The third-order valence-electron chi connectivity index (χ3n) is 8.10. The van der Waals surface area contributed by atoms with Crippen LogP contribution in [0.5, 0.6) is 0 Å². The molecule has 0 atom stereocenters. The predicted octanol–water partition coefficient (Wildman–Crippen LogP) is 5.49. The van der Waals surface area contributed by atoms with Crippen LogP contribution >= 0.6 is 11.6 Å². The number of anilines is 1. The minimum Gasteiger partial charge on any atom is -0.368 e. The van der Waals surface area contributed by atoms with E-state index in [0.29, 0.717) is 5.91 Å². The number of piperazine rings is 1. The van der Waals surface area contributed by atoms with Gasteiger partial charge in [-0.1, -0.05) is 35.9 Å². The van der Waals surface area contributed by atoms with Gasteiger partial charge in [-0.05, 0) is 76.0 Å². The van der Waals surface area contributed by atoms with Gasteiger partial charge in [0.1, 0.15) is 0 Å². The van der Waals surface area contributed by atoms with Crippen LogP contribution in [0.2, 0.25) is 5.02 Å². The lowest BCUT2D eigenvalue weighted by atomic mass is 9.94. The summed E-state index contributed by atoms with van der Waals surface area (Å²) in [4.78, 5) is 20.3. The van der Waals surface area contributed by atoms with Gasteiger partial charge in [0, 0.05) is 72.5 Å². The Labute approximate surface area is 214 Å². The fourth-order valence-electron chi connectivity index (χ4n) is 6.02. The van der Waals surface area contributed by atoms with Crippen LogP contribution in [0.15, 0.2) is 42.5 Å². The number of aromatic nitrogens is 1. The maximum atomic E-state index is 13.3. The van der Waals surface area contributed by atoms with Gasteiger partial charge in [-0.3, -0.25) is 9.69 Å². The van der Waals surface area contributed by atoms with E-state index in [0.717, 1.165) is 70.2 Å². The van der Waals surface area contributed by atoms with Crippen LogP contribution in [0.25, 0.3) is 10.9 Å². The smallest absolute Gasteiger partial charge is 0.225 e. The Morgan fingerprint density at radius 1 is 0.971 bits per heavy atom. The average Bonchev–Trinajstić information content (AvgIpc) is 3.16. The molecule has 2 aliphatic rings. The van der Waals surface area contributed by atoms with Crippen LogP contribution in [0.4, 0.5) is 5.69 Å². The van der Waals surface area contributed by atoms with E-state index in [1.807, 2.05) is 12.1 Å². The summed E-state index contributed by atoms with van der Waals surface area (Å²) in [5.41, 5.74) is 6.58. The van der Waals surface area contributed by atoms with E-state index in [1.54, 1.807) is 0 Å². The first kappa shape index (κ1) is 24.2. The Balaban J connectivity index is 1.16. The molecule has 0 aliphatic carbocycles. The molecular formula is C29H37ClN4O. The van der Waals surface area contributed by atoms with Crippen LogP contribution in [0.1, 0.15) is 36.6 Å². The second-order valence-electron chi connectivity index (χ2n) is 10.1. The van der Waals surface area contributed by atoms with Crippen molar-refractivity contribution in [3.05, 3.63) is 64.3 Å². The lowest BCUT2D eigenvalue weighted by Crippen LogP contribution is -2.51. The number of hydrogen-bond donors (Lipinski definition) is 0. The van der Waals surface area contributed by atoms with E-state index in [2.05, 4.69) is 70.4 Å². The van der Waals surface area contributed by atoms with E-state index < -0.39 is 0 Å². The molecule has 3 aromatic rings. The molecule has 186 valence electrons. The zero-order valence-electron chi connectivity index (χ0n) is 21.3. The Bertz CT molecular complexity index is 1200. The van der Waals surface area contributed by atoms with Crippen molar-refractivity contribution in [2.45, 2.75) is 46.7 Å². The van der Waals surface area contributed by atoms with Gasteiger partial charge < -0.3 is 14.4 Å². The molecule has 35 heavy (non-hydrogen) atoms. The summed E-state index contributed by atoms with van der Waals surface area (Å²) in [6, 6.07) is 14.8. The number of carbonyl (C=O) groups excluding carboxylic acids is 1. The Morgan fingerprint density at radius 3 is 2.40 bits per heavy atom. The van der Waals surface area contributed by atoms with Gasteiger partial charge in [0.15, 0.2) is 0 Å². The van der Waals surface area contributed by atoms with Gasteiger partial charge in [0.25, 0.3) is 0 Å². The zero-order chi connectivity index (χ0) is 24.5. The molecule has 2 fully saturated rings. The lowest BCUT2D eigenvalue weighted by molar-refractivity contribution is -0.137. The molecule has 5 nitrogen and oxygen atoms in total. The topological polar surface area (TPSA) is 31.7 Å². The first-order valence-electron chi connectivity index (χ1n) is 13.0. The summed E-state index contributed by atoms with van der Waals surface area (Å²) in [7, 11) is 0. The average molecular weight is 493 g/mol. The Kier molecular flexibility index (Phi) is 7.08. The van der Waals surface area contributed by atoms with Gasteiger partial charge in [-0.25, -0.2) is 0 Å². The molecule has 2 aromatic carbocycles. The standard InChI is InChI=1S/C29H37ClN4O/c1-4-34-22(3)26(25-7-5-6-8-27(25)34)20-31-13-11-23(12-14-31)29(35)33-17-15-32(16-18-33)28-19-24(30)10-9-21(28)2/h5-10,19,23H,4,11-18,20H2,1-3H3. The van der Waals surface area contributed by atoms with Gasteiger partial charge >= 0.3 is 0 Å². The molecule has 0 unspecified atom stereocenters. The van der Waals surface area contributed by atoms with Gasteiger partial charge in [-0.2, -0.15) is 0 Å².